The predicted octanol–water partition coefficient (Wildman–Crippen LogP) is 1.72. The van der Waals surface area contributed by atoms with Crippen LogP contribution in [0.25, 0.3) is 0 Å². The third-order valence-electron chi connectivity index (χ3n) is 6.45. The summed E-state index contributed by atoms with van der Waals surface area (Å²) in [5.74, 6) is 0.345. The van der Waals surface area contributed by atoms with Crippen LogP contribution in [-0.2, 0) is 16.6 Å². The van der Waals surface area contributed by atoms with E-state index in [9.17, 15) is 9.90 Å². The number of ether oxygens (including phenoxy) is 1. The van der Waals surface area contributed by atoms with Gasteiger partial charge in [0.1, 0.15) is 5.67 Å². The van der Waals surface area contributed by atoms with Crippen molar-refractivity contribution in [3.05, 3.63) is 23.3 Å². The van der Waals surface area contributed by atoms with E-state index in [0.717, 1.165) is 17.7 Å². The lowest BCUT2D eigenvalue weighted by atomic mass is 9.50. The van der Waals surface area contributed by atoms with Crippen molar-refractivity contribution in [2.24, 2.45) is 0 Å². The quantitative estimate of drug-likeness (QED) is 0.793. The normalized spacial score (nSPS) is 42.0. The number of hydrogen-bond acceptors (Lipinski definition) is 4. The van der Waals surface area contributed by atoms with E-state index in [1.54, 1.807) is 6.07 Å². The lowest BCUT2D eigenvalue weighted by Gasteiger charge is -2.60. The van der Waals surface area contributed by atoms with Crippen LogP contribution in [0.1, 0.15) is 30.4 Å². The molecule has 2 heterocycles. The van der Waals surface area contributed by atoms with Crippen molar-refractivity contribution in [1.29, 1.82) is 0 Å². The number of aromatic hydroxyl groups is 1. The fraction of sp³-hybridized carbons (Fsp3) is 0.588. The van der Waals surface area contributed by atoms with Crippen molar-refractivity contribution in [3.8, 4) is 11.5 Å². The summed E-state index contributed by atoms with van der Waals surface area (Å²) in [5, 5.41) is 10.2. The molecule has 2 aliphatic heterocycles. The Morgan fingerprint density at radius 2 is 2.23 bits per heavy atom. The smallest absolute Gasteiger partial charge is 0.174 e. The summed E-state index contributed by atoms with van der Waals surface area (Å²) >= 11 is 0. The maximum Gasteiger partial charge on any atom is 0.174 e. The van der Waals surface area contributed by atoms with Crippen LogP contribution in [0.3, 0.4) is 0 Å². The van der Waals surface area contributed by atoms with E-state index in [1.165, 1.54) is 0 Å². The van der Waals surface area contributed by atoms with Gasteiger partial charge in [0.2, 0.25) is 0 Å². The van der Waals surface area contributed by atoms with E-state index in [4.69, 9.17) is 4.74 Å². The number of alkyl halides is 1. The van der Waals surface area contributed by atoms with Gasteiger partial charge in [-0.3, -0.25) is 9.69 Å². The molecule has 5 heteroatoms. The van der Waals surface area contributed by atoms with Crippen molar-refractivity contribution < 1.29 is 19.0 Å². The molecular formula is C17H18FNO3. The second-order valence-corrected chi connectivity index (χ2v) is 7.20. The molecule has 4 aliphatic rings. The van der Waals surface area contributed by atoms with Gasteiger partial charge in [-0.25, -0.2) is 4.39 Å². The Bertz CT molecular complexity index is 720. The van der Waals surface area contributed by atoms with Crippen molar-refractivity contribution in [1.82, 2.24) is 4.90 Å². The van der Waals surface area contributed by atoms with Crippen molar-refractivity contribution in [2.45, 2.75) is 48.9 Å². The molecule has 2 bridgehead atoms. The highest BCUT2D eigenvalue weighted by molar-refractivity contribution is 5.90. The number of phenols is 1. The molecule has 1 saturated heterocycles. The maximum absolute atomic E-state index is 16.3. The number of nitrogens with zero attached hydrogens (tertiary/aromatic N) is 1. The third kappa shape index (κ3) is 1.12. The number of halogens is 1. The van der Waals surface area contributed by atoms with Gasteiger partial charge in [-0.1, -0.05) is 6.07 Å². The van der Waals surface area contributed by atoms with Crippen LogP contribution in [0.15, 0.2) is 12.1 Å². The Kier molecular flexibility index (Phi) is 2.13. The lowest BCUT2D eigenvalue weighted by molar-refractivity contribution is -0.158. The number of Topliss-reactive ketones (excluding diaryl/α,β-unsaturated/α-hetero) is 1. The topological polar surface area (TPSA) is 49.8 Å². The lowest BCUT2D eigenvalue weighted by Crippen LogP contribution is -2.74. The van der Waals surface area contributed by atoms with Crippen molar-refractivity contribution in [2.75, 3.05) is 13.6 Å². The Hall–Kier alpha value is -1.62. The summed E-state index contributed by atoms with van der Waals surface area (Å²) in [4.78, 5) is 14.6. The molecule has 116 valence electrons. The summed E-state index contributed by atoms with van der Waals surface area (Å²) in [5.41, 5.74) is -0.557. The highest BCUT2D eigenvalue weighted by Crippen LogP contribution is 2.65. The molecule has 1 aromatic carbocycles. The van der Waals surface area contributed by atoms with E-state index < -0.39 is 17.2 Å². The number of benzene rings is 1. The van der Waals surface area contributed by atoms with Gasteiger partial charge in [0.25, 0.3) is 0 Å². The predicted molar refractivity (Wildman–Crippen MR) is 77.0 cm³/mol. The molecule has 5 rings (SSSR count). The van der Waals surface area contributed by atoms with Crippen molar-refractivity contribution >= 4 is 5.78 Å². The molecule has 1 aromatic rings. The zero-order valence-corrected chi connectivity index (χ0v) is 12.4. The second kappa shape index (κ2) is 3.65. The number of hydrogen-bond donors (Lipinski definition) is 1. The van der Waals surface area contributed by atoms with Crippen LogP contribution in [0.2, 0.25) is 0 Å². The molecule has 1 saturated carbocycles. The van der Waals surface area contributed by atoms with E-state index in [-0.39, 0.29) is 30.4 Å². The molecule has 1 N–H and O–H groups in total. The van der Waals surface area contributed by atoms with Crippen LogP contribution >= 0.6 is 0 Å². The summed E-state index contributed by atoms with van der Waals surface area (Å²) in [6.07, 6.45) is 0.884. The van der Waals surface area contributed by atoms with Gasteiger partial charge in [0.15, 0.2) is 23.4 Å². The van der Waals surface area contributed by atoms with E-state index in [2.05, 4.69) is 4.90 Å². The van der Waals surface area contributed by atoms with Gasteiger partial charge >= 0.3 is 0 Å². The maximum atomic E-state index is 16.3. The Morgan fingerprint density at radius 1 is 1.41 bits per heavy atom. The summed E-state index contributed by atoms with van der Waals surface area (Å²) in [7, 11) is 1.96. The summed E-state index contributed by atoms with van der Waals surface area (Å²) < 4.78 is 22.1. The van der Waals surface area contributed by atoms with Gasteiger partial charge in [-0.05, 0) is 44.5 Å². The van der Waals surface area contributed by atoms with E-state index in [0.29, 0.717) is 18.6 Å². The monoisotopic (exact) mass is 303 g/mol. The summed E-state index contributed by atoms with van der Waals surface area (Å²) in [6, 6.07) is 3.25. The molecule has 2 aliphatic carbocycles. The molecule has 2 fully saturated rings. The van der Waals surface area contributed by atoms with Gasteiger partial charge in [0.05, 0.1) is 5.41 Å². The first-order valence-corrected chi connectivity index (χ1v) is 7.93. The van der Waals surface area contributed by atoms with E-state index >= 15 is 4.39 Å². The van der Waals surface area contributed by atoms with E-state index in [1.807, 2.05) is 13.1 Å². The van der Waals surface area contributed by atoms with Crippen LogP contribution in [0, 0.1) is 0 Å². The number of likely N-dealkylation sites (tertiary alicyclic amines) is 1. The Morgan fingerprint density at radius 3 is 3.05 bits per heavy atom. The fourth-order valence-corrected chi connectivity index (χ4v) is 5.48. The molecular weight excluding hydrogens is 285 g/mol. The first kappa shape index (κ1) is 12.9. The van der Waals surface area contributed by atoms with Gasteiger partial charge < -0.3 is 9.84 Å². The Labute approximate surface area is 127 Å². The number of carbonyl (C=O) groups is 1. The Balaban J connectivity index is 1.88. The fourth-order valence-electron chi connectivity index (χ4n) is 5.48. The molecule has 0 aromatic heterocycles. The number of likely N-dealkylation sites (N-methyl/N-ethyl adjacent to an activating group) is 1. The number of carbonyl (C=O) groups excluding carboxylic acids is 1. The van der Waals surface area contributed by atoms with Gasteiger partial charge in [-0.15, -0.1) is 0 Å². The van der Waals surface area contributed by atoms with Crippen LogP contribution in [-0.4, -0.2) is 47.2 Å². The molecule has 22 heavy (non-hydrogen) atoms. The van der Waals surface area contributed by atoms with Gasteiger partial charge in [-0.2, -0.15) is 0 Å². The summed E-state index contributed by atoms with van der Waals surface area (Å²) in [6.45, 7) is 0.748. The molecule has 0 unspecified atom stereocenters. The number of phenolic OH excluding ortho intramolecular Hbond substituents is 1. The van der Waals surface area contributed by atoms with Crippen LogP contribution in [0.5, 0.6) is 11.5 Å². The zero-order chi connectivity index (χ0) is 15.3. The largest absolute Gasteiger partial charge is 0.504 e. The average molecular weight is 303 g/mol. The highest BCUT2D eigenvalue weighted by Gasteiger charge is 2.74. The van der Waals surface area contributed by atoms with Crippen LogP contribution < -0.4 is 4.74 Å². The highest BCUT2D eigenvalue weighted by atomic mass is 19.1. The van der Waals surface area contributed by atoms with Crippen molar-refractivity contribution in [3.63, 3.8) is 0 Å². The average Bonchev–Trinajstić information content (AvgIpc) is 2.85. The molecule has 0 radical (unpaired) electrons. The number of rotatable bonds is 0. The first-order chi connectivity index (χ1) is 10.5. The second-order valence-electron chi connectivity index (χ2n) is 7.20. The minimum Gasteiger partial charge on any atom is -0.504 e. The minimum absolute atomic E-state index is 0.0232. The number of ketones is 1. The van der Waals surface area contributed by atoms with Crippen LogP contribution in [0.4, 0.5) is 4.39 Å². The molecule has 1 spiro atoms. The minimum atomic E-state index is -1.45. The SMILES string of the molecule is CN1CC[C@]23c4c5ccc(O)c4O[C@H]2C(=O)CC[C@@]3(F)[C@H]1C5. The first-order valence-electron chi connectivity index (χ1n) is 7.93. The molecule has 0 amide bonds. The standard InChI is InChI=1S/C17H18FNO3/c1-19-7-6-16-13-9-2-3-10(20)14(13)22-15(16)11(21)4-5-17(16,18)12(19)8-9/h2-3,12,15,20H,4-8H2,1H3/t12-,15+,16+,17-/m1/s1. The van der Waals surface area contributed by atoms with Gasteiger partial charge in [0, 0.05) is 18.0 Å². The molecule has 4 nitrogen and oxygen atoms in total. The number of piperidine rings is 1. The third-order valence-corrected chi connectivity index (χ3v) is 6.45. The zero-order valence-electron chi connectivity index (χ0n) is 12.4. The molecule has 4 atom stereocenters.